The van der Waals surface area contributed by atoms with Gasteiger partial charge in [-0.25, -0.2) is 14.6 Å². The Bertz CT molecular complexity index is 1520. The van der Waals surface area contributed by atoms with Gasteiger partial charge in [0.1, 0.15) is 17.0 Å². The fourth-order valence-corrected chi connectivity index (χ4v) is 3.47. The standard InChI is InChI=1S/C24H17ClF6N4O5/c1-35(19-16(25)9-14(11-32-19)24(29,30)31)33-7-6-18-15(21(37)39-2)10-17(22(38)40-18)34-20(36)12-4-3-5-13(8-12)23(26,27)28/h3-5,7-11H,6H2,1-2H3,(H,34,36). The number of carbonyl (C=O) groups is 2. The maximum Gasteiger partial charge on any atom is 0.417 e. The quantitative estimate of drug-likeness (QED) is 0.169. The van der Waals surface area contributed by atoms with E-state index in [1.54, 1.807) is 0 Å². The fourth-order valence-electron chi connectivity index (χ4n) is 3.18. The van der Waals surface area contributed by atoms with Crippen molar-refractivity contribution in [1.29, 1.82) is 0 Å². The van der Waals surface area contributed by atoms with E-state index in [1.165, 1.54) is 7.05 Å². The monoisotopic (exact) mass is 590 g/mol. The number of carbonyl (C=O) groups excluding carboxylic acids is 2. The van der Waals surface area contributed by atoms with Crippen molar-refractivity contribution in [3.8, 4) is 0 Å². The van der Waals surface area contributed by atoms with Crippen LogP contribution in [0.3, 0.4) is 0 Å². The van der Waals surface area contributed by atoms with Crippen LogP contribution in [0.1, 0.15) is 37.6 Å². The highest BCUT2D eigenvalue weighted by atomic mass is 35.5. The predicted octanol–water partition coefficient (Wildman–Crippen LogP) is 5.43. The first-order chi connectivity index (χ1) is 18.6. The highest BCUT2D eigenvalue weighted by Crippen LogP contribution is 2.33. The molecule has 0 spiro atoms. The topological polar surface area (TPSA) is 114 Å². The highest BCUT2D eigenvalue weighted by molar-refractivity contribution is 6.33. The summed E-state index contributed by atoms with van der Waals surface area (Å²) in [5.41, 5.74) is -4.58. The Morgan fingerprint density at radius 2 is 1.80 bits per heavy atom. The Hall–Kier alpha value is -4.40. The second-order valence-corrected chi connectivity index (χ2v) is 8.27. The minimum atomic E-state index is -4.71. The van der Waals surface area contributed by atoms with E-state index in [2.05, 4.69) is 20.1 Å². The number of nitrogens with zero attached hydrogens (tertiary/aromatic N) is 3. The number of aromatic nitrogens is 1. The average molecular weight is 591 g/mol. The van der Waals surface area contributed by atoms with Crippen LogP contribution in [-0.2, 0) is 23.5 Å². The molecule has 0 fully saturated rings. The van der Waals surface area contributed by atoms with Gasteiger partial charge in [-0.3, -0.25) is 9.80 Å². The van der Waals surface area contributed by atoms with Gasteiger partial charge in [0, 0.05) is 31.4 Å². The van der Waals surface area contributed by atoms with E-state index in [0.29, 0.717) is 18.3 Å². The Labute approximate surface area is 226 Å². The molecule has 0 saturated carbocycles. The summed E-state index contributed by atoms with van der Waals surface area (Å²) in [4.78, 5) is 40.9. The lowest BCUT2D eigenvalue weighted by molar-refractivity contribution is -0.138. The summed E-state index contributed by atoms with van der Waals surface area (Å²) < 4.78 is 87.1. The number of nitrogens with one attached hydrogen (secondary N) is 1. The third kappa shape index (κ3) is 7.16. The van der Waals surface area contributed by atoms with E-state index >= 15 is 0 Å². The third-order valence-corrected chi connectivity index (χ3v) is 5.40. The lowest BCUT2D eigenvalue weighted by Gasteiger charge is -2.15. The summed E-state index contributed by atoms with van der Waals surface area (Å²) in [6, 6.07) is 5.02. The molecule has 16 heteroatoms. The van der Waals surface area contributed by atoms with Gasteiger partial charge >= 0.3 is 23.9 Å². The van der Waals surface area contributed by atoms with Crippen molar-refractivity contribution in [3.05, 3.63) is 86.1 Å². The van der Waals surface area contributed by atoms with Gasteiger partial charge < -0.3 is 14.5 Å². The van der Waals surface area contributed by atoms with Crippen molar-refractivity contribution >= 4 is 41.2 Å². The van der Waals surface area contributed by atoms with Crippen molar-refractivity contribution in [3.63, 3.8) is 0 Å². The second-order valence-electron chi connectivity index (χ2n) is 7.86. The van der Waals surface area contributed by atoms with Gasteiger partial charge in [0.2, 0.25) is 0 Å². The number of esters is 1. The zero-order chi connectivity index (χ0) is 29.8. The summed E-state index contributed by atoms with van der Waals surface area (Å²) >= 11 is 5.88. The van der Waals surface area contributed by atoms with Gasteiger partial charge in [-0.05, 0) is 30.3 Å². The number of methoxy groups -OCH3 is 1. The van der Waals surface area contributed by atoms with Gasteiger partial charge in [0.25, 0.3) is 5.91 Å². The minimum Gasteiger partial charge on any atom is -0.465 e. The molecule has 0 bridgehead atoms. The Morgan fingerprint density at radius 3 is 2.40 bits per heavy atom. The predicted molar refractivity (Wildman–Crippen MR) is 131 cm³/mol. The van der Waals surface area contributed by atoms with E-state index in [4.69, 9.17) is 16.0 Å². The Morgan fingerprint density at radius 1 is 1.12 bits per heavy atom. The van der Waals surface area contributed by atoms with Crippen LogP contribution in [0.15, 0.2) is 56.9 Å². The van der Waals surface area contributed by atoms with Crippen LogP contribution in [-0.4, -0.2) is 37.2 Å². The van der Waals surface area contributed by atoms with Gasteiger partial charge in [-0.15, -0.1) is 0 Å². The first-order valence-corrected chi connectivity index (χ1v) is 11.2. The molecule has 2 heterocycles. The maximum absolute atomic E-state index is 13.0. The molecule has 9 nitrogen and oxygen atoms in total. The fraction of sp³-hybridized carbons (Fsp3) is 0.208. The summed E-state index contributed by atoms with van der Waals surface area (Å²) in [5, 5.41) is 6.72. The van der Waals surface area contributed by atoms with Crippen molar-refractivity contribution in [2.45, 2.75) is 18.8 Å². The average Bonchev–Trinajstić information content (AvgIpc) is 2.88. The molecule has 40 heavy (non-hydrogen) atoms. The van der Waals surface area contributed by atoms with Crippen molar-refractivity contribution < 1.29 is 45.1 Å². The SMILES string of the molecule is COC(=O)c1cc(NC(=O)c2cccc(C(F)(F)F)c2)c(=O)oc1CC=NN(C)c1ncc(C(F)(F)F)cc1Cl. The number of amides is 1. The van der Waals surface area contributed by atoms with E-state index in [1.807, 2.05) is 0 Å². The molecular weight excluding hydrogens is 574 g/mol. The van der Waals surface area contributed by atoms with Gasteiger partial charge in [-0.1, -0.05) is 17.7 Å². The molecular formula is C24H17ClF6N4O5. The van der Waals surface area contributed by atoms with Crippen molar-refractivity contribution in [1.82, 2.24) is 4.98 Å². The normalized spacial score (nSPS) is 11.9. The molecule has 0 unspecified atom stereocenters. The van der Waals surface area contributed by atoms with Crippen LogP contribution in [0.5, 0.6) is 0 Å². The van der Waals surface area contributed by atoms with Crippen LogP contribution in [0.4, 0.5) is 37.8 Å². The summed E-state index contributed by atoms with van der Waals surface area (Å²) in [7, 11) is 2.35. The number of benzene rings is 1. The Balaban J connectivity index is 1.83. The molecule has 212 valence electrons. The largest absolute Gasteiger partial charge is 0.465 e. The molecule has 3 aromatic rings. The number of hydrogen-bond acceptors (Lipinski definition) is 8. The van der Waals surface area contributed by atoms with Crippen molar-refractivity contribution in [2.75, 3.05) is 24.5 Å². The molecule has 2 aromatic heterocycles. The van der Waals surface area contributed by atoms with E-state index < -0.39 is 52.2 Å². The summed E-state index contributed by atoms with van der Waals surface area (Å²) in [5.74, 6) is -2.46. The number of alkyl halides is 6. The van der Waals surface area contributed by atoms with Crippen LogP contribution in [0.2, 0.25) is 5.02 Å². The molecule has 1 aromatic carbocycles. The minimum absolute atomic E-state index is 0.131. The number of halogens is 7. The molecule has 1 amide bonds. The number of hydrazone groups is 1. The van der Waals surface area contributed by atoms with Crippen LogP contribution < -0.4 is 16.0 Å². The van der Waals surface area contributed by atoms with Crippen LogP contribution in [0.25, 0.3) is 0 Å². The molecule has 0 saturated heterocycles. The number of pyridine rings is 1. The molecule has 0 aliphatic carbocycles. The molecule has 0 aliphatic heterocycles. The smallest absolute Gasteiger partial charge is 0.417 e. The van der Waals surface area contributed by atoms with Crippen LogP contribution >= 0.6 is 11.6 Å². The number of rotatable bonds is 7. The van der Waals surface area contributed by atoms with Crippen molar-refractivity contribution in [2.24, 2.45) is 5.10 Å². The Kier molecular flexibility index (Phi) is 8.87. The number of anilines is 2. The lowest BCUT2D eigenvalue weighted by atomic mass is 10.1. The van der Waals surface area contributed by atoms with E-state index in [0.717, 1.165) is 42.6 Å². The van der Waals surface area contributed by atoms with Gasteiger partial charge in [0.15, 0.2) is 5.82 Å². The first kappa shape index (κ1) is 30.1. The number of hydrogen-bond donors (Lipinski definition) is 1. The van der Waals surface area contributed by atoms with Gasteiger partial charge in [0.05, 0.1) is 23.3 Å². The zero-order valence-corrected chi connectivity index (χ0v) is 21.1. The van der Waals surface area contributed by atoms with E-state index in [-0.39, 0.29) is 28.6 Å². The first-order valence-electron chi connectivity index (χ1n) is 10.8. The number of ether oxygens (including phenoxy) is 1. The molecule has 0 aliphatic rings. The molecule has 0 atom stereocenters. The lowest BCUT2D eigenvalue weighted by Crippen LogP contribution is -2.21. The van der Waals surface area contributed by atoms with Crippen LogP contribution in [0, 0.1) is 0 Å². The van der Waals surface area contributed by atoms with E-state index in [9.17, 15) is 40.7 Å². The molecule has 1 N–H and O–H groups in total. The van der Waals surface area contributed by atoms with Gasteiger partial charge in [-0.2, -0.15) is 31.4 Å². The summed E-state index contributed by atoms with van der Waals surface area (Å²) in [6.07, 6.45) is -7.99. The highest BCUT2D eigenvalue weighted by Gasteiger charge is 2.32. The second kappa shape index (κ2) is 11.8. The zero-order valence-electron chi connectivity index (χ0n) is 20.4. The third-order valence-electron chi connectivity index (χ3n) is 5.12. The maximum atomic E-state index is 13.0. The molecule has 3 rings (SSSR count). The molecule has 0 radical (unpaired) electrons. The summed E-state index contributed by atoms with van der Waals surface area (Å²) in [6.45, 7) is 0.